The van der Waals surface area contributed by atoms with E-state index in [1.54, 1.807) is 14.9 Å². The maximum Gasteiger partial charge on any atom is 0.183 e. The van der Waals surface area contributed by atoms with Crippen LogP contribution in [0.15, 0.2) is 30.3 Å². The average molecular weight is 161 g/mol. The van der Waals surface area contributed by atoms with Crippen molar-refractivity contribution in [2.45, 2.75) is 13.0 Å². The van der Waals surface area contributed by atoms with Crippen LogP contribution in [0, 0.1) is 0 Å². The fourth-order valence-electron chi connectivity index (χ4n) is 1.25. The van der Waals surface area contributed by atoms with Crippen LogP contribution in [0.2, 0.25) is 0 Å². The summed E-state index contributed by atoms with van der Waals surface area (Å²) in [6, 6.07) is 9.54. The van der Waals surface area contributed by atoms with Crippen molar-refractivity contribution in [2.75, 3.05) is 0 Å². The van der Waals surface area contributed by atoms with Gasteiger partial charge >= 0.3 is 0 Å². The zero-order valence-corrected chi connectivity index (χ0v) is 7.37. The Kier molecular flexibility index (Phi) is 3.05. The number of hydrogen-bond acceptors (Lipinski definition) is 2. The molecule has 1 N–H and O–H groups in total. The van der Waals surface area contributed by atoms with Gasteiger partial charge in [-0.1, -0.05) is 30.3 Å². The van der Waals surface area contributed by atoms with Crippen molar-refractivity contribution in [2.24, 2.45) is 0 Å². The Morgan fingerprint density at radius 2 is 2.00 bits per heavy atom. The highest BCUT2D eigenvalue weighted by Gasteiger charge is 2.12. The lowest BCUT2D eigenvalue weighted by atomic mass is 10.0. The van der Waals surface area contributed by atoms with Crippen LogP contribution in [0.1, 0.15) is 18.5 Å². The van der Waals surface area contributed by atoms with E-state index >= 15 is 0 Å². The minimum atomic E-state index is -0.161. The minimum absolute atomic E-state index is 0.142. The van der Waals surface area contributed by atoms with E-state index in [0.717, 1.165) is 5.56 Å². The molecule has 1 atom stereocenters. The molecule has 62 valence electrons. The molecule has 12 heavy (non-hydrogen) atoms. The number of benzene rings is 1. The Labute approximate surface area is 73.4 Å². The fraction of sp³-hybridized carbons (Fsp3) is 0.222. The molecule has 0 bridgehead atoms. The van der Waals surface area contributed by atoms with Gasteiger partial charge in [0.15, 0.2) is 7.98 Å². The van der Waals surface area contributed by atoms with Crippen molar-refractivity contribution in [1.29, 1.82) is 0 Å². The summed E-state index contributed by atoms with van der Waals surface area (Å²) in [5.74, 6) is 0.142. The van der Waals surface area contributed by atoms with Crippen molar-refractivity contribution >= 4 is 13.8 Å². The maximum atomic E-state index is 11.1. The van der Waals surface area contributed by atoms with Gasteiger partial charge in [0.2, 0.25) is 0 Å². The zero-order valence-electron chi connectivity index (χ0n) is 7.37. The molecule has 0 heterocycles. The molecule has 0 amide bonds. The number of ketones is 1. The summed E-state index contributed by atoms with van der Waals surface area (Å²) in [6.07, 6.45) is 0. The van der Waals surface area contributed by atoms with Crippen LogP contribution in [0.25, 0.3) is 0 Å². The summed E-state index contributed by atoms with van der Waals surface area (Å²) in [4.78, 5) is 11.1. The van der Waals surface area contributed by atoms with Gasteiger partial charge in [-0.25, -0.2) is 0 Å². The highest BCUT2D eigenvalue weighted by Crippen LogP contribution is 2.11. The third-order valence-electron chi connectivity index (χ3n) is 1.83. The molecule has 0 unspecified atom stereocenters. The highest BCUT2D eigenvalue weighted by molar-refractivity contribution is 6.06. The van der Waals surface area contributed by atoms with E-state index in [4.69, 9.17) is 0 Å². The number of carbonyl (C=O) groups is 1. The van der Waals surface area contributed by atoms with Gasteiger partial charge in [0.25, 0.3) is 0 Å². The molecule has 3 heteroatoms. The number of hydrogen-bond donors (Lipinski definition) is 1. The molecule has 1 rings (SSSR count). The molecule has 0 saturated carbocycles. The molecule has 0 fully saturated rings. The van der Waals surface area contributed by atoms with Crippen LogP contribution in [0.3, 0.4) is 0 Å². The van der Waals surface area contributed by atoms with E-state index in [9.17, 15) is 4.79 Å². The molecule has 0 spiro atoms. The van der Waals surface area contributed by atoms with Crippen LogP contribution in [0.5, 0.6) is 0 Å². The Balaban J connectivity index is 2.88. The van der Waals surface area contributed by atoms with Crippen LogP contribution in [-0.2, 0) is 4.79 Å². The van der Waals surface area contributed by atoms with E-state index in [1.807, 2.05) is 30.3 Å². The number of carbonyl (C=O) groups excluding carboxylic acids is 1. The monoisotopic (exact) mass is 161 g/mol. The molecular formula is C9H12BNO. The fourth-order valence-corrected chi connectivity index (χ4v) is 1.25. The van der Waals surface area contributed by atoms with Crippen LogP contribution >= 0.6 is 0 Å². The van der Waals surface area contributed by atoms with Crippen LogP contribution in [0.4, 0.5) is 0 Å². The van der Waals surface area contributed by atoms with Crippen molar-refractivity contribution in [3.63, 3.8) is 0 Å². The Hall–Kier alpha value is -1.09. The average Bonchev–Trinajstić information content (AvgIpc) is 2.07. The lowest BCUT2D eigenvalue weighted by molar-refractivity contribution is -0.118. The van der Waals surface area contributed by atoms with E-state index in [2.05, 4.69) is 5.23 Å². The Morgan fingerprint density at radius 3 is 2.42 bits per heavy atom. The van der Waals surface area contributed by atoms with Gasteiger partial charge in [-0.15, -0.1) is 0 Å². The molecule has 1 aromatic carbocycles. The second kappa shape index (κ2) is 4.07. The van der Waals surface area contributed by atoms with Crippen LogP contribution < -0.4 is 5.23 Å². The highest BCUT2D eigenvalue weighted by atomic mass is 16.1. The summed E-state index contributed by atoms with van der Waals surface area (Å²) in [6.45, 7) is 1.59. The zero-order chi connectivity index (χ0) is 8.97. The molecule has 0 aliphatic rings. The summed E-state index contributed by atoms with van der Waals surface area (Å²) < 4.78 is 0. The first-order chi connectivity index (χ1) is 5.75. The van der Waals surface area contributed by atoms with E-state index in [-0.39, 0.29) is 11.8 Å². The normalized spacial score (nSPS) is 12.4. The Morgan fingerprint density at radius 1 is 1.42 bits per heavy atom. The number of rotatable bonds is 3. The lowest BCUT2D eigenvalue weighted by Gasteiger charge is -2.12. The molecule has 0 aromatic heterocycles. The van der Waals surface area contributed by atoms with Crippen molar-refractivity contribution < 1.29 is 4.79 Å². The van der Waals surface area contributed by atoms with Gasteiger partial charge in [-0.2, -0.15) is 0 Å². The molecule has 2 nitrogen and oxygen atoms in total. The second-order valence-corrected chi connectivity index (χ2v) is 2.74. The molecule has 0 saturated heterocycles. The summed E-state index contributed by atoms with van der Waals surface area (Å²) >= 11 is 0. The number of nitrogens with one attached hydrogen (secondary N) is 1. The van der Waals surface area contributed by atoms with Gasteiger partial charge in [-0.05, 0) is 12.5 Å². The predicted octanol–water partition coefficient (Wildman–Crippen LogP) is 0.454. The lowest BCUT2D eigenvalue weighted by Crippen LogP contribution is -2.24. The standard InChI is InChI=1S/C9H12BNO/c1-7(12)9(11-10)8-5-3-2-4-6-8/h2-6,9,11H,10H2,1H3/t9-/m0/s1. The number of Topliss-reactive ketones (excluding diaryl/α,β-unsaturated/α-hetero) is 1. The summed E-state index contributed by atoms with van der Waals surface area (Å²) in [7, 11) is 1.79. The van der Waals surface area contributed by atoms with Gasteiger partial charge < -0.3 is 5.23 Å². The minimum Gasteiger partial charge on any atom is -0.350 e. The smallest absolute Gasteiger partial charge is 0.183 e. The molecule has 1 aromatic rings. The quantitative estimate of drug-likeness (QED) is 0.652. The predicted molar refractivity (Wildman–Crippen MR) is 51.5 cm³/mol. The van der Waals surface area contributed by atoms with Crippen molar-refractivity contribution in [1.82, 2.24) is 5.23 Å². The van der Waals surface area contributed by atoms with Gasteiger partial charge in [0.1, 0.15) is 5.78 Å². The second-order valence-electron chi connectivity index (χ2n) is 2.74. The largest absolute Gasteiger partial charge is 0.350 e. The third kappa shape index (κ3) is 1.95. The van der Waals surface area contributed by atoms with E-state index in [1.165, 1.54) is 0 Å². The third-order valence-corrected chi connectivity index (χ3v) is 1.83. The van der Waals surface area contributed by atoms with E-state index < -0.39 is 0 Å². The van der Waals surface area contributed by atoms with Crippen molar-refractivity contribution in [3.05, 3.63) is 35.9 Å². The summed E-state index contributed by atoms with van der Waals surface area (Å²) in [5.41, 5.74) is 1.02. The van der Waals surface area contributed by atoms with Gasteiger partial charge in [-0.3, -0.25) is 4.79 Å². The Bertz CT molecular complexity index is 260. The SMILES string of the molecule is BN[C@@H](C(C)=O)c1ccccc1. The molecule has 0 aliphatic heterocycles. The molecule has 0 aliphatic carbocycles. The first kappa shape index (κ1) is 9.01. The van der Waals surface area contributed by atoms with Crippen molar-refractivity contribution in [3.8, 4) is 0 Å². The molecular weight excluding hydrogens is 149 g/mol. The summed E-state index contributed by atoms with van der Waals surface area (Å²) in [5, 5.41) is 2.97. The molecule has 0 radical (unpaired) electrons. The van der Waals surface area contributed by atoms with Crippen LogP contribution in [-0.4, -0.2) is 13.8 Å². The van der Waals surface area contributed by atoms with Gasteiger partial charge in [0, 0.05) is 0 Å². The first-order valence-electron chi connectivity index (χ1n) is 3.98. The first-order valence-corrected chi connectivity index (χ1v) is 3.98. The van der Waals surface area contributed by atoms with Gasteiger partial charge in [0.05, 0.1) is 6.04 Å². The topological polar surface area (TPSA) is 29.1 Å². The van der Waals surface area contributed by atoms with E-state index in [0.29, 0.717) is 0 Å². The maximum absolute atomic E-state index is 11.1.